The predicted octanol–water partition coefficient (Wildman–Crippen LogP) is -1.76. The number of carbonyl (C=O) groups is 2. The number of likely N-dealkylation sites (tertiary alicyclic amines) is 1. The van der Waals surface area contributed by atoms with Crippen LogP contribution < -0.4 is 5.32 Å². The Balaban J connectivity index is 1.30. The lowest BCUT2D eigenvalue weighted by atomic mass is 9.78. The second kappa shape index (κ2) is 10.6. The van der Waals surface area contributed by atoms with Gasteiger partial charge < -0.3 is 55.1 Å². The van der Waals surface area contributed by atoms with Crippen molar-refractivity contribution in [2.45, 2.75) is 61.7 Å². The number of para-hydroxylation sites is 1. The standard InChI is InChI=1S/C26H32N2O11/c1-2-12-13-9-18(30)28(8-7-26(36)15-5-3-4-6-16(15)27-25(26)35)22(34)14(13)11-37-23(12)39-24-21(33)20(32)19(31)17(10-29)38-24/h2-6,11-13,17-21,23-24,29-33,36H,1,7-10H2,(H,27,35)/t12-,13+,17-,18-,19-,20+,21-,23+,24+,26+/m1/s1. The van der Waals surface area contributed by atoms with E-state index in [0.29, 0.717) is 11.3 Å². The molecule has 13 nitrogen and oxygen atoms in total. The van der Waals surface area contributed by atoms with Crippen molar-refractivity contribution in [1.82, 2.24) is 4.90 Å². The number of aliphatic hydroxyl groups is 6. The van der Waals surface area contributed by atoms with Gasteiger partial charge in [0, 0.05) is 42.5 Å². The average Bonchev–Trinajstić information content (AvgIpc) is 3.18. The fourth-order valence-corrected chi connectivity index (χ4v) is 5.66. The van der Waals surface area contributed by atoms with E-state index in [-0.39, 0.29) is 25.0 Å². The number of hydrogen-bond donors (Lipinski definition) is 7. The lowest BCUT2D eigenvalue weighted by Gasteiger charge is -2.46. The summed E-state index contributed by atoms with van der Waals surface area (Å²) in [6.45, 7) is 3.04. The third-order valence-corrected chi connectivity index (χ3v) is 7.94. The highest BCUT2D eigenvalue weighted by Gasteiger charge is 2.51. The van der Waals surface area contributed by atoms with E-state index >= 15 is 0 Å². The Morgan fingerprint density at radius 1 is 1.13 bits per heavy atom. The van der Waals surface area contributed by atoms with E-state index < -0.39 is 79.1 Å². The van der Waals surface area contributed by atoms with E-state index in [1.807, 2.05) is 0 Å². The van der Waals surface area contributed by atoms with E-state index in [9.17, 15) is 40.2 Å². The molecule has 2 amide bonds. The molecule has 10 atom stereocenters. The van der Waals surface area contributed by atoms with Crippen LogP contribution in [0.25, 0.3) is 0 Å². The van der Waals surface area contributed by atoms with Crippen LogP contribution in [-0.2, 0) is 29.4 Å². The summed E-state index contributed by atoms with van der Waals surface area (Å²) >= 11 is 0. The van der Waals surface area contributed by atoms with Crippen LogP contribution in [0.15, 0.2) is 48.8 Å². The maximum Gasteiger partial charge on any atom is 0.261 e. The number of amides is 2. The first-order valence-electron chi connectivity index (χ1n) is 12.7. The van der Waals surface area contributed by atoms with Crippen molar-refractivity contribution in [1.29, 1.82) is 0 Å². The fourth-order valence-electron chi connectivity index (χ4n) is 5.66. The van der Waals surface area contributed by atoms with E-state index in [1.165, 1.54) is 12.3 Å². The summed E-state index contributed by atoms with van der Waals surface area (Å²) < 4.78 is 16.8. The molecule has 0 bridgehead atoms. The number of carbonyl (C=O) groups excluding carboxylic acids is 2. The third-order valence-electron chi connectivity index (χ3n) is 7.94. The summed E-state index contributed by atoms with van der Waals surface area (Å²) in [4.78, 5) is 27.1. The van der Waals surface area contributed by atoms with Gasteiger partial charge in [-0.25, -0.2) is 0 Å². The highest BCUT2D eigenvalue weighted by molar-refractivity contribution is 6.05. The van der Waals surface area contributed by atoms with Gasteiger partial charge in [0.2, 0.25) is 6.29 Å². The molecule has 4 aliphatic rings. The molecule has 2 saturated heterocycles. The van der Waals surface area contributed by atoms with Gasteiger partial charge >= 0.3 is 0 Å². The summed E-state index contributed by atoms with van der Waals surface area (Å²) in [7, 11) is 0. The van der Waals surface area contributed by atoms with Crippen molar-refractivity contribution >= 4 is 17.5 Å². The van der Waals surface area contributed by atoms with Gasteiger partial charge in [-0.2, -0.15) is 0 Å². The number of rotatable bonds is 7. The zero-order valence-corrected chi connectivity index (χ0v) is 20.9. The second-order valence-electron chi connectivity index (χ2n) is 10.2. The molecule has 0 aliphatic carbocycles. The normalized spacial score (nSPS) is 39.8. The van der Waals surface area contributed by atoms with E-state index in [4.69, 9.17) is 14.2 Å². The molecule has 4 heterocycles. The molecule has 4 aliphatic heterocycles. The van der Waals surface area contributed by atoms with Gasteiger partial charge in [0.1, 0.15) is 30.6 Å². The van der Waals surface area contributed by atoms with E-state index in [1.54, 1.807) is 24.3 Å². The quantitative estimate of drug-likeness (QED) is 0.191. The first-order chi connectivity index (χ1) is 18.6. The minimum Gasteiger partial charge on any atom is -0.471 e. The van der Waals surface area contributed by atoms with Crippen LogP contribution in [0.2, 0.25) is 0 Å². The molecule has 1 aromatic rings. The maximum atomic E-state index is 13.4. The Kier molecular flexibility index (Phi) is 7.52. The highest BCUT2D eigenvalue weighted by atomic mass is 16.8. The predicted molar refractivity (Wildman–Crippen MR) is 131 cm³/mol. The van der Waals surface area contributed by atoms with Crippen molar-refractivity contribution in [2.75, 3.05) is 18.5 Å². The first kappa shape index (κ1) is 27.7. The molecule has 39 heavy (non-hydrogen) atoms. The zero-order chi connectivity index (χ0) is 28.1. The van der Waals surface area contributed by atoms with Gasteiger partial charge in [-0.1, -0.05) is 24.3 Å². The van der Waals surface area contributed by atoms with Crippen LogP contribution in [0.4, 0.5) is 5.69 Å². The lowest BCUT2D eigenvalue weighted by Crippen LogP contribution is -2.60. The Morgan fingerprint density at radius 2 is 1.87 bits per heavy atom. The molecule has 0 saturated carbocycles. The van der Waals surface area contributed by atoms with Crippen LogP contribution in [0, 0.1) is 11.8 Å². The molecular weight excluding hydrogens is 516 g/mol. The first-order valence-corrected chi connectivity index (χ1v) is 12.7. The summed E-state index contributed by atoms with van der Waals surface area (Å²) in [6.07, 6.45) is -7.31. The van der Waals surface area contributed by atoms with Crippen molar-refractivity contribution in [3.8, 4) is 0 Å². The number of piperidine rings is 1. The smallest absolute Gasteiger partial charge is 0.261 e. The fraction of sp³-hybridized carbons (Fsp3) is 0.538. The molecular formula is C26H32N2O11. The summed E-state index contributed by atoms with van der Waals surface area (Å²) in [6, 6.07) is 6.71. The molecule has 1 aromatic carbocycles. The summed E-state index contributed by atoms with van der Waals surface area (Å²) in [5.41, 5.74) is -0.758. The largest absolute Gasteiger partial charge is 0.471 e. The van der Waals surface area contributed by atoms with Crippen molar-refractivity contribution in [3.63, 3.8) is 0 Å². The highest BCUT2D eigenvalue weighted by Crippen LogP contribution is 2.42. The van der Waals surface area contributed by atoms with Gasteiger partial charge in [0.25, 0.3) is 11.8 Å². The number of fused-ring (bicyclic) bond motifs is 2. The minimum absolute atomic E-state index is 0.0629. The van der Waals surface area contributed by atoms with Gasteiger partial charge in [-0.3, -0.25) is 9.59 Å². The second-order valence-corrected chi connectivity index (χ2v) is 10.2. The monoisotopic (exact) mass is 548 g/mol. The number of nitrogens with one attached hydrogen (secondary N) is 1. The average molecular weight is 549 g/mol. The molecule has 212 valence electrons. The van der Waals surface area contributed by atoms with Crippen LogP contribution in [0.3, 0.4) is 0 Å². The Morgan fingerprint density at radius 3 is 2.59 bits per heavy atom. The van der Waals surface area contributed by atoms with E-state index in [2.05, 4.69) is 11.9 Å². The molecule has 0 spiro atoms. The SMILES string of the molecule is C=C[C@H]1[C@H](O[C@@H]2O[C@H](CO)[C@@H](O)[C@H](O)[C@H]2O)OC=C2C(=O)N(CC[C@@]3(O)C(=O)Nc4ccccc43)[C@H](O)C[C@H]21. The lowest BCUT2D eigenvalue weighted by molar-refractivity contribution is -0.339. The topological polar surface area (TPSA) is 198 Å². The van der Waals surface area contributed by atoms with E-state index in [0.717, 1.165) is 4.90 Å². The van der Waals surface area contributed by atoms with Gasteiger partial charge in [-0.05, 0) is 6.07 Å². The third kappa shape index (κ3) is 4.64. The van der Waals surface area contributed by atoms with Crippen LogP contribution in [0.1, 0.15) is 18.4 Å². The number of benzene rings is 1. The maximum absolute atomic E-state index is 13.4. The van der Waals surface area contributed by atoms with Crippen LogP contribution >= 0.6 is 0 Å². The molecule has 0 unspecified atom stereocenters. The summed E-state index contributed by atoms with van der Waals surface area (Å²) in [5, 5.41) is 64.5. The summed E-state index contributed by atoms with van der Waals surface area (Å²) in [5.74, 6) is -2.44. The van der Waals surface area contributed by atoms with Crippen LogP contribution in [-0.4, -0.2) is 104 Å². The molecule has 7 N–H and O–H groups in total. The van der Waals surface area contributed by atoms with Crippen molar-refractivity contribution < 1.29 is 54.4 Å². The van der Waals surface area contributed by atoms with Gasteiger partial charge in [-0.15, -0.1) is 6.58 Å². The van der Waals surface area contributed by atoms with Gasteiger partial charge in [0.15, 0.2) is 11.9 Å². The zero-order valence-electron chi connectivity index (χ0n) is 20.9. The van der Waals surface area contributed by atoms with Gasteiger partial charge in [0.05, 0.1) is 18.4 Å². The molecule has 0 radical (unpaired) electrons. The molecule has 2 fully saturated rings. The molecule has 5 rings (SSSR count). The minimum atomic E-state index is -1.86. The Hall–Kier alpha value is -2.88. The molecule has 0 aromatic heterocycles. The number of aliphatic hydroxyl groups excluding tert-OH is 5. The Labute approximate surface area is 223 Å². The number of anilines is 1. The number of nitrogens with zero attached hydrogens (tertiary/aromatic N) is 1. The van der Waals surface area contributed by atoms with Crippen molar-refractivity contribution in [3.05, 3.63) is 54.3 Å². The van der Waals surface area contributed by atoms with Crippen LogP contribution in [0.5, 0.6) is 0 Å². The Bertz CT molecular complexity index is 1160. The van der Waals surface area contributed by atoms with Crippen molar-refractivity contribution in [2.24, 2.45) is 11.8 Å². The number of hydrogen-bond acceptors (Lipinski definition) is 11. The number of ether oxygens (including phenoxy) is 3. The molecule has 13 heteroatoms.